The SMILES string of the molecule is CCOCCOc1cccc(C(=O)NNC(=O)c2ccccc2C)c1. The highest BCUT2D eigenvalue weighted by Crippen LogP contribution is 2.13. The summed E-state index contributed by atoms with van der Waals surface area (Å²) in [6, 6.07) is 13.9. The molecule has 2 aromatic carbocycles. The van der Waals surface area contributed by atoms with E-state index < -0.39 is 5.91 Å². The van der Waals surface area contributed by atoms with E-state index >= 15 is 0 Å². The van der Waals surface area contributed by atoms with Crippen LogP contribution in [-0.4, -0.2) is 31.6 Å². The van der Waals surface area contributed by atoms with E-state index in [2.05, 4.69) is 10.9 Å². The van der Waals surface area contributed by atoms with Crippen LogP contribution in [0, 0.1) is 6.92 Å². The average Bonchev–Trinajstić information content (AvgIpc) is 2.63. The van der Waals surface area contributed by atoms with Crippen molar-refractivity contribution in [3.63, 3.8) is 0 Å². The molecule has 0 saturated carbocycles. The Morgan fingerprint density at radius 2 is 1.72 bits per heavy atom. The molecule has 0 spiro atoms. The van der Waals surface area contributed by atoms with Gasteiger partial charge in [0.15, 0.2) is 0 Å². The van der Waals surface area contributed by atoms with Gasteiger partial charge in [-0.15, -0.1) is 0 Å². The zero-order chi connectivity index (χ0) is 18.1. The third-order valence-electron chi connectivity index (χ3n) is 3.48. The Morgan fingerprint density at radius 3 is 2.48 bits per heavy atom. The fraction of sp³-hybridized carbons (Fsp3) is 0.263. The lowest BCUT2D eigenvalue weighted by molar-refractivity contribution is 0.0846. The number of hydrogen-bond acceptors (Lipinski definition) is 4. The van der Waals surface area contributed by atoms with Crippen LogP contribution < -0.4 is 15.6 Å². The maximum Gasteiger partial charge on any atom is 0.269 e. The quantitative estimate of drug-likeness (QED) is 0.599. The van der Waals surface area contributed by atoms with E-state index in [-0.39, 0.29) is 5.91 Å². The Labute approximate surface area is 147 Å². The van der Waals surface area contributed by atoms with Crippen LogP contribution >= 0.6 is 0 Å². The van der Waals surface area contributed by atoms with Crippen molar-refractivity contribution in [2.45, 2.75) is 13.8 Å². The lowest BCUT2D eigenvalue weighted by atomic mass is 10.1. The molecule has 0 radical (unpaired) electrons. The summed E-state index contributed by atoms with van der Waals surface area (Å²) in [6.45, 7) is 5.27. The molecule has 132 valence electrons. The fourth-order valence-electron chi connectivity index (χ4n) is 2.17. The van der Waals surface area contributed by atoms with Gasteiger partial charge in [-0.1, -0.05) is 24.3 Å². The second-order valence-corrected chi connectivity index (χ2v) is 5.30. The molecule has 6 nitrogen and oxygen atoms in total. The highest BCUT2D eigenvalue weighted by atomic mass is 16.5. The second-order valence-electron chi connectivity index (χ2n) is 5.30. The predicted molar refractivity (Wildman–Crippen MR) is 94.5 cm³/mol. The summed E-state index contributed by atoms with van der Waals surface area (Å²) in [4.78, 5) is 24.3. The minimum absolute atomic E-state index is 0.365. The molecule has 0 bridgehead atoms. The number of ether oxygens (including phenoxy) is 2. The third-order valence-corrected chi connectivity index (χ3v) is 3.48. The molecule has 0 aliphatic heterocycles. The zero-order valence-electron chi connectivity index (χ0n) is 14.4. The Hall–Kier alpha value is -2.86. The number of amides is 2. The van der Waals surface area contributed by atoms with Gasteiger partial charge in [-0.2, -0.15) is 0 Å². The Morgan fingerprint density at radius 1 is 0.960 bits per heavy atom. The highest BCUT2D eigenvalue weighted by molar-refractivity contribution is 5.99. The monoisotopic (exact) mass is 342 g/mol. The van der Waals surface area contributed by atoms with Crippen molar-refractivity contribution in [3.8, 4) is 5.75 Å². The number of carbonyl (C=O) groups excluding carboxylic acids is 2. The average molecular weight is 342 g/mol. The summed E-state index contributed by atoms with van der Waals surface area (Å²) >= 11 is 0. The summed E-state index contributed by atoms with van der Waals surface area (Å²) < 4.78 is 10.7. The van der Waals surface area contributed by atoms with Crippen LogP contribution in [0.1, 0.15) is 33.2 Å². The third kappa shape index (κ3) is 5.61. The van der Waals surface area contributed by atoms with Crippen LogP contribution in [0.4, 0.5) is 0 Å². The molecule has 0 unspecified atom stereocenters. The number of hydrazine groups is 1. The molecule has 0 aliphatic carbocycles. The first-order valence-corrected chi connectivity index (χ1v) is 8.08. The van der Waals surface area contributed by atoms with Gasteiger partial charge in [0.1, 0.15) is 12.4 Å². The molecule has 0 aromatic heterocycles. The van der Waals surface area contributed by atoms with E-state index in [1.54, 1.807) is 36.4 Å². The van der Waals surface area contributed by atoms with Gasteiger partial charge in [0, 0.05) is 17.7 Å². The van der Waals surface area contributed by atoms with Gasteiger partial charge in [-0.25, -0.2) is 0 Å². The normalized spacial score (nSPS) is 10.2. The van der Waals surface area contributed by atoms with E-state index in [0.29, 0.717) is 36.7 Å². The summed E-state index contributed by atoms with van der Waals surface area (Å²) in [5.41, 5.74) is 6.56. The maximum atomic E-state index is 12.2. The van der Waals surface area contributed by atoms with Crippen molar-refractivity contribution >= 4 is 11.8 Å². The Balaban J connectivity index is 1.90. The molecular weight excluding hydrogens is 320 g/mol. The molecule has 25 heavy (non-hydrogen) atoms. The first kappa shape index (κ1) is 18.5. The lowest BCUT2D eigenvalue weighted by Gasteiger charge is -2.10. The first-order valence-electron chi connectivity index (χ1n) is 8.08. The number of benzene rings is 2. The first-order chi connectivity index (χ1) is 12.1. The van der Waals surface area contributed by atoms with Crippen LogP contribution in [0.3, 0.4) is 0 Å². The summed E-state index contributed by atoms with van der Waals surface area (Å²) in [5, 5.41) is 0. The number of carbonyl (C=O) groups is 2. The van der Waals surface area contributed by atoms with E-state index in [9.17, 15) is 9.59 Å². The summed E-state index contributed by atoms with van der Waals surface area (Å²) in [5.74, 6) is -0.217. The molecule has 0 heterocycles. The maximum absolute atomic E-state index is 12.2. The summed E-state index contributed by atoms with van der Waals surface area (Å²) in [7, 11) is 0. The minimum atomic E-state index is -0.419. The van der Waals surface area contributed by atoms with Gasteiger partial charge in [0.2, 0.25) is 0 Å². The second kappa shape index (κ2) is 9.44. The number of rotatable bonds is 7. The summed E-state index contributed by atoms with van der Waals surface area (Å²) in [6.07, 6.45) is 0. The number of aryl methyl sites for hydroxylation is 1. The molecule has 0 fully saturated rings. The molecule has 2 amide bonds. The highest BCUT2D eigenvalue weighted by Gasteiger charge is 2.11. The smallest absolute Gasteiger partial charge is 0.269 e. The van der Waals surface area contributed by atoms with Gasteiger partial charge in [0.25, 0.3) is 11.8 Å². The molecule has 6 heteroatoms. The van der Waals surface area contributed by atoms with Crippen molar-refractivity contribution in [2.24, 2.45) is 0 Å². The fourth-order valence-corrected chi connectivity index (χ4v) is 2.17. The van der Waals surface area contributed by atoms with Gasteiger partial charge >= 0.3 is 0 Å². The zero-order valence-corrected chi connectivity index (χ0v) is 14.4. The van der Waals surface area contributed by atoms with E-state index in [4.69, 9.17) is 9.47 Å². The van der Waals surface area contributed by atoms with E-state index in [1.807, 2.05) is 26.0 Å². The van der Waals surface area contributed by atoms with Crippen molar-refractivity contribution in [3.05, 3.63) is 65.2 Å². The van der Waals surface area contributed by atoms with Gasteiger partial charge in [-0.3, -0.25) is 20.4 Å². The van der Waals surface area contributed by atoms with Crippen LogP contribution in [0.2, 0.25) is 0 Å². The van der Waals surface area contributed by atoms with E-state index in [0.717, 1.165) is 5.56 Å². The van der Waals surface area contributed by atoms with E-state index in [1.165, 1.54) is 0 Å². The topological polar surface area (TPSA) is 76.7 Å². The predicted octanol–water partition coefficient (Wildman–Crippen LogP) is 2.49. The number of nitrogens with one attached hydrogen (secondary N) is 2. The Bertz CT molecular complexity index is 731. The Kier molecular flexibility index (Phi) is 6.98. The van der Waals surface area contributed by atoms with Crippen molar-refractivity contribution in [1.29, 1.82) is 0 Å². The lowest BCUT2D eigenvalue weighted by Crippen LogP contribution is -2.41. The number of hydrogen-bond donors (Lipinski definition) is 2. The largest absolute Gasteiger partial charge is 0.491 e. The van der Waals surface area contributed by atoms with Crippen molar-refractivity contribution in [2.75, 3.05) is 19.8 Å². The van der Waals surface area contributed by atoms with Crippen molar-refractivity contribution in [1.82, 2.24) is 10.9 Å². The van der Waals surface area contributed by atoms with Gasteiger partial charge < -0.3 is 9.47 Å². The molecule has 0 aliphatic rings. The molecule has 0 saturated heterocycles. The molecule has 0 atom stereocenters. The standard InChI is InChI=1S/C19H22N2O4/c1-3-24-11-12-25-16-9-6-8-15(13-16)18(22)20-21-19(23)17-10-5-4-7-14(17)2/h4-10,13H,3,11-12H2,1-2H3,(H,20,22)(H,21,23). The van der Waals surface area contributed by atoms with Crippen LogP contribution in [-0.2, 0) is 4.74 Å². The molecule has 2 rings (SSSR count). The minimum Gasteiger partial charge on any atom is -0.491 e. The molecule has 2 aromatic rings. The molecular formula is C19H22N2O4. The van der Waals surface area contributed by atoms with Gasteiger partial charge in [-0.05, 0) is 43.7 Å². The van der Waals surface area contributed by atoms with Gasteiger partial charge in [0.05, 0.1) is 6.61 Å². The van der Waals surface area contributed by atoms with Crippen LogP contribution in [0.25, 0.3) is 0 Å². The molecule has 2 N–H and O–H groups in total. The van der Waals surface area contributed by atoms with Crippen molar-refractivity contribution < 1.29 is 19.1 Å². The van der Waals surface area contributed by atoms with Crippen LogP contribution in [0.5, 0.6) is 5.75 Å². The van der Waals surface area contributed by atoms with Crippen LogP contribution in [0.15, 0.2) is 48.5 Å².